The third-order valence-corrected chi connectivity index (χ3v) is 5.47. The number of aromatic nitrogens is 4. The Labute approximate surface area is 180 Å². The molecule has 4 rings (SSSR count). The van der Waals surface area contributed by atoms with E-state index in [-0.39, 0.29) is 11.7 Å². The van der Waals surface area contributed by atoms with E-state index in [1.807, 2.05) is 5.38 Å². The first-order valence-electron chi connectivity index (χ1n) is 8.89. The van der Waals surface area contributed by atoms with Gasteiger partial charge >= 0.3 is 0 Å². The topological polar surface area (TPSA) is 84.7 Å². The highest BCUT2D eigenvalue weighted by Crippen LogP contribution is 2.30. The van der Waals surface area contributed by atoms with Crippen LogP contribution in [0.2, 0.25) is 5.02 Å². The lowest BCUT2D eigenvalue weighted by atomic mass is 10.2. The molecule has 3 aromatic heterocycles. The van der Waals surface area contributed by atoms with Gasteiger partial charge in [0.1, 0.15) is 11.6 Å². The van der Waals surface area contributed by atoms with Crippen molar-refractivity contribution in [2.24, 2.45) is 7.05 Å². The summed E-state index contributed by atoms with van der Waals surface area (Å²) in [6.45, 7) is 0.305. The van der Waals surface area contributed by atoms with Crippen molar-refractivity contribution in [3.63, 3.8) is 0 Å². The first-order chi connectivity index (χ1) is 14.5. The number of hydrogen-bond acceptors (Lipinski definition) is 6. The minimum absolute atomic E-state index is 0.228. The van der Waals surface area contributed by atoms with Crippen molar-refractivity contribution < 1.29 is 9.18 Å². The fourth-order valence-corrected chi connectivity index (χ4v) is 3.70. The highest BCUT2D eigenvalue weighted by Gasteiger charge is 2.14. The van der Waals surface area contributed by atoms with E-state index in [1.165, 1.54) is 29.7 Å². The smallest absolute Gasteiger partial charge is 0.261 e. The molecule has 0 atom stereocenters. The second-order valence-corrected chi connectivity index (χ2v) is 7.68. The highest BCUT2D eigenvalue weighted by molar-refractivity contribution is 7.12. The quantitative estimate of drug-likeness (QED) is 0.462. The summed E-state index contributed by atoms with van der Waals surface area (Å²) in [4.78, 5) is 21.7. The average molecular weight is 443 g/mol. The number of halogens is 2. The zero-order chi connectivity index (χ0) is 21.1. The first-order valence-corrected chi connectivity index (χ1v) is 10.1. The Morgan fingerprint density at radius 2 is 2.07 bits per heavy atom. The van der Waals surface area contributed by atoms with Crippen molar-refractivity contribution in [1.82, 2.24) is 25.1 Å². The molecule has 0 fully saturated rings. The van der Waals surface area contributed by atoms with Crippen molar-refractivity contribution in [3.05, 3.63) is 75.5 Å². The average Bonchev–Trinajstić information content (AvgIpc) is 3.38. The number of rotatable bonds is 6. The molecule has 30 heavy (non-hydrogen) atoms. The number of thiophene rings is 1. The summed E-state index contributed by atoms with van der Waals surface area (Å²) in [5.74, 6) is 0.557. The Bertz CT molecular complexity index is 1190. The summed E-state index contributed by atoms with van der Waals surface area (Å²) in [5.41, 5.74) is 2.05. The lowest BCUT2D eigenvalue weighted by molar-refractivity contribution is 0.0955. The molecule has 0 saturated carbocycles. The van der Waals surface area contributed by atoms with Crippen LogP contribution in [0.5, 0.6) is 0 Å². The van der Waals surface area contributed by atoms with Crippen LogP contribution < -0.4 is 10.6 Å². The molecule has 7 nitrogen and oxygen atoms in total. The second kappa shape index (κ2) is 8.60. The number of hydrogen-bond donors (Lipinski definition) is 2. The van der Waals surface area contributed by atoms with Gasteiger partial charge in [0.05, 0.1) is 28.0 Å². The van der Waals surface area contributed by atoms with E-state index < -0.39 is 0 Å². The molecule has 0 aliphatic rings. The lowest BCUT2D eigenvalue weighted by Gasteiger charge is -2.07. The molecule has 152 valence electrons. The zero-order valence-electron chi connectivity index (χ0n) is 15.8. The van der Waals surface area contributed by atoms with Crippen LogP contribution in [-0.2, 0) is 13.6 Å². The Morgan fingerprint density at radius 3 is 2.80 bits per heavy atom. The molecule has 3 heterocycles. The van der Waals surface area contributed by atoms with Crippen molar-refractivity contribution in [2.75, 3.05) is 5.32 Å². The molecule has 0 saturated heterocycles. The standard InChI is InChI=1S/C20H16ClFN6OS/c1-28-17(6-7-25-28)26-20-24-10-15(21)18(27-20)13-8-16(30-11-13)19(29)23-9-12-2-4-14(22)5-3-12/h2-8,10-11H,9H2,1H3,(H,23,29)(H,24,26,27). The number of nitrogens with one attached hydrogen (secondary N) is 2. The Morgan fingerprint density at radius 1 is 1.27 bits per heavy atom. The second-order valence-electron chi connectivity index (χ2n) is 6.36. The summed E-state index contributed by atoms with van der Waals surface area (Å²) < 4.78 is 14.6. The van der Waals surface area contributed by atoms with Gasteiger partial charge < -0.3 is 10.6 Å². The van der Waals surface area contributed by atoms with Gasteiger partial charge in [0.15, 0.2) is 0 Å². The van der Waals surface area contributed by atoms with Crippen LogP contribution in [0.25, 0.3) is 11.3 Å². The maximum Gasteiger partial charge on any atom is 0.261 e. The van der Waals surface area contributed by atoms with Crippen molar-refractivity contribution in [1.29, 1.82) is 0 Å². The molecule has 0 spiro atoms. The number of carbonyl (C=O) groups excluding carboxylic acids is 1. The summed E-state index contributed by atoms with van der Waals surface area (Å²) >= 11 is 7.58. The summed E-state index contributed by atoms with van der Waals surface area (Å²) in [5, 5.41) is 12.2. The van der Waals surface area contributed by atoms with Crippen LogP contribution in [0.1, 0.15) is 15.2 Å². The number of anilines is 2. The van der Waals surface area contributed by atoms with Gasteiger partial charge in [-0.2, -0.15) is 5.10 Å². The van der Waals surface area contributed by atoms with E-state index in [0.29, 0.717) is 33.7 Å². The van der Waals surface area contributed by atoms with Crippen molar-refractivity contribution in [2.45, 2.75) is 6.54 Å². The number of amides is 1. The third kappa shape index (κ3) is 4.47. The van der Waals surface area contributed by atoms with Crippen LogP contribution in [0, 0.1) is 5.82 Å². The fraction of sp³-hybridized carbons (Fsp3) is 0.100. The Hall–Kier alpha value is -3.30. The van der Waals surface area contributed by atoms with Crippen LogP contribution >= 0.6 is 22.9 Å². The van der Waals surface area contributed by atoms with Crippen LogP contribution in [0.15, 0.2) is 54.2 Å². The zero-order valence-corrected chi connectivity index (χ0v) is 17.3. The minimum atomic E-state index is -0.313. The van der Waals surface area contributed by atoms with E-state index >= 15 is 0 Å². The van der Waals surface area contributed by atoms with Gasteiger partial charge in [-0.1, -0.05) is 23.7 Å². The summed E-state index contributed by atoms with van der Waals surface area (Å²) in [6, 6.07) is 9.51. The molecule has 0 aliphatic heterocycles. The predicted octanol–water partition coefficient (Wildman–Crippen LogP) is 4.40. The summed E-state index contributed by atoms with van der Waals surface area (Å²) in [6.07, 6.45) is 3.17. The van der Waals surface area contributed by atoms with Crippen molar-refractivity contribution in [3.8, 4) is 11.3 Å². The molecule has 0 unspecified atom stereocenters. The molecule has 0 radical (unpaired) electrons. The van der Waals surface area contributed by atoms with Crippen LogP contribution in [-0.4, -0.2) is 25.7 Å². The number of aryl methyl sites for hydroxylation is 1. The van der Waals surface area contributed by atoms with E-state index in [2.05, 4.69) is 25.7 Å². The van der Waals surface area contributed by atoms with Gasteiger partial charge in [-0.3, -0.25) is 9.48 Å². The summed E-state index contributed by atoms with van der Waals surface area (Å²) in [7, 11) is 1.80. The number of nitrogens with zero attached hydrogens (tertiary/aromatic N) is 4. The first kappa shape index (κ1) is 20.0. The van der Waals surface area contributed by atoms with E-state index in [1.54, 1.807) is 42.2 Å². The fourth-order valence-electron chi connectivity index (χ4n) is 2.69. The van der Waals surface area contributed by atoms with E-state index in [4.69, 9.17) is 11.6 Å². The SMILES string of the molecule is Cn1nccc1Nc1ncc(Cl)c(-c2csc(C(=O)NCc3ccc(F)cc3)c2)n1. The van der Waals surface area contributed by atoms with Gasteiger partial charge in [0.25, 0.3) is 5.91 Å². The van der Waals surface area contributed by atoms with Crippen molar-refractivity contribution >= 4 is 40.6 Å². The predicted molar refractivity (Wildman–Crippen MR) is 114 cm³/mol. The van der Waals surface area contributed by atoms with Gasteiger partial charge in [0, 0.05) is 30.6 Å². The maximum atomic E-state index is 13.0. The molecular formula is C20H16ClFN6OS. The van der Waals surface area contributed by atoms with Gasteiger partial charge in [-0.25, -0.2) is 14.4 Å². The molecule has 1 aromatic carbocycles. The molecule has 1 amide bonds. The number of carbonyl (C=O) groups is 1. The highest BCUT2D eigenvalue weighted by atomic mass is 35.5. The molecule has 2 N–H and O–H groups in total. The molecular weight excluding hydrogens is 427 g/mol. The maximum absolute atomic E-state index is 13.0. The Balaban J connectivity index is 1.48. The Kier molecular flexibility index (Phi) is 5.73. The van der Waals surface area contributed by atoms with E-state index in [0.717, 1.165) is 11.4 Å². The van der Waals surface area contributed by atoms with Crippen LogP contribution in [0.4, 0.5) is 16.2 Å². The van der Waals surface area contributed by atoms with E-state index in [9.17, 15) is 9.18 Å². The van der Waals surface area contributed by atoms with Crippen LogP contribution in [0.3, 0.4) is 0 Å². The molecule has 10 heteroatoms. The normalized spacial score (nSPS) is 10.8. The monoisotopic (exact) mass is 442 g/mol. The lowest BCUT2D eigenvalue weighted by Crippen LogP contribution is -2.21. The number of benzene rings is 1. The largest absolute Gasteiger partial charge is 0.347 e. The molecule has 0 bridgehead atoms. The minimum Gasteiger partial charge on any atom is -0.347 e. The molecule has 0 aliphatic carbocycles. The van der Waals surface area contributed by atoms with Gasteiger partial charge in [-0.05, 0) is 23.8 Å². The molecule has 4 aromatic rings. The van der Waals surface area contributed by atoms with Gasteiger partial charge in [-0.15, -0.1) is 11.3 Å². The van der Waals surface area contributed by atoms with Gasteiger partial charge in [0.2, 0.25) is 5.95 Å². The third-order valence-electron chi connectivity index (χ3n) is 4.27.